The van der Waals surface area contributed by atoms with Crippen LogP contribution in [0.25, 0.3) is 0 Å². The standard InChI is InChI=1S/C19H28N2O3.ClH/c1-12-3-4-15(16(9-12)24-8-7-23-2)11-21-19(22)17-13-5-6-14(10-13)18(17)20;/h3-4,9,13-14,17-18H,5-8,10-11,20H2,1-2H3,(H,21,22);1H. The fourth-order valence-electron chi connectivity index (χ4n) is 4.20. The minimum Gasteiger partial charge on any atom is -0.491 e. The van der Waals surface area contributed by atoms with Gasteiger partial charge in [0.15, 0.2) is 0 Å². The predicted molar refractivity (Wildman–Crippen MR) is 99.9 cm³/mol. The zero-order chi connectivity index (χ0) is 17.1. The molecule has 2 aliphatic carbocycles. The molecule has 4 atom stereocenters. The molecule has 3 N–H and O–H groups in total. The predicted octanol–water partition coefficient (Wildman–Crippen LogP) is 2.43. The van der Waals surface area contributed by atoms with Gasteiger partial charge < -0.3 is 20.5 Å². The molecule has 5 nitrogen and oxygen atoms in total. The number of methoxy groups -OCH3 is 1. The number of amides is 1. The molecule has 0 radical (unpaired) electrons. The Labute approximate surface area is 156 Å². The van der Waals surface area contributed by atoms with Gasteiger partial charge in [-0.05, 0) is 49.7 Å². The van der Waals surface area contributed by atoms with E-state index in [1.807, 2.05) is 25.1 Å². The Bertz CT molecular complexity index is 594. The van der Waals surface area contributed by atoms with E-state index in [2.05, 4.69) is 5.32 Å². The van der Waals surface area contributed by atoms with Gasteiger partial charge in [-0.2, -0.15) is 0 Å². The first kappa shape index (κ1) is 20.0. The van der Waals surface area contributed by atoms with Gasteiger partial charge in [-0.25, -0.2) is 0 Å². The van der Waals surface area contributed by atoms with Crippen LogP contribution in [0.4, 0.5) is 0 Å². The fourth-order valence-corrected chi connectivity index (χ4v) is 4.20. The fraction of sp³-hybridized carbons (Fsp3) is 0.632. The minimum absolute atomic E-state index is 0. The lowest BCUT2D eigenvalue weighted by atomic mass is 9.84. The van der Waals surface area contributed by atoms with Crippen LogP contribution in [-0.4, -0.2) is 32.3 Å². The topological polar surface area (TPSA) is 73.6 Å². The second kappa shape index (κ2) is 8.88. The van der Waals surface area contributed by atoms with E-state index >= 15 is 0 Å². The highest BCUT2D eigenvalue weighted by atomic mass is 35.5. The summed E-state index contributed by atoms with van der Waals surface area (Å²) in [4.78, 5) is 12.6. The van der Waals surface area contributed by atoms with Crippen LogP contribution in [0.2, 0.25) is 0 Å². The van der Waals surface area contributed by atoms with Crippen molar-refractivity contribution in [1.29, 1.82) is 0 Å². The lowest BCUT2D eigenvalue weighted by Gasteiger charge is -2.27. The van der Waals surface area contributed by atoms with Crippen molar-refractivity contribution in [3.63, 3.8) is 0 Å². The number of rotatable bonds is 7. The number of halogens is 1. The van der Waals surface area contributed by atoms with Crippen LogP contribution in [0.3, 0.4) is 0 Å². The van der Waals surface area contributed by atoms with Crippen molar-refractivity contribution in [1.82, 2.24) is 5.32 Å². The van der Waals surface area contributed by atoms with Gasteiger partial charge in [0.25, 0.3) is 0 Å². The molecule has 1 amide bonds. The maximum absolute atomic E-state index is 12.6. The molecule has 2 fully saturated rings. The van der Waals surface area contributed by atoms with Gasteiger partial charge >= 0.3 is 0 Å². The molecule has 1 aromatic rings. The van der Waals surface area contributed by atoms with Crippen LogP contribution in [0.1, 0.15) is 30.4 Å². The van der Waals surface area contributed by atoms with Gasteiger partial charge in [-0.15, -0.1) is 12.4 Å². The van der Waals surface area contributed by atoms with Crippen molar-refractivity contribution < 1.29 is 14.3 Å². The second-order valence-electron chi connectivity index (χ2n) is 7.11. The van der Waals surface area contributed by atoms with Gasteiger partial charge in [0.1, 0.15) is 12.4 Å². The summed E-state index contributed by atoms with van der Waals surface area (Å²) < 4.78 is 10.8. The van der Waals surface area contributed by atoms with Crippen molar-refractivity contribution in [2.45, 2.75) is 38.8 Å². The molecule has 4 unspecified atom stereocenters. The van der Waals surface area contributed by atoms with E-state index in [1.165, 1.54) is 6.42 Å². The average molecular weight is 369 g/mol. The quantitative estimate of drug-likeness (QED) is 0.725. The van der Waals surface area contributed by atoms with Crippen LogP contribution < -0.4 is 15.8 Å². The Morgan fingerprint density at radius 3 is 2.72 bits per heavy atom. The molecule has 2 bridgehead atoms. The molecule has 0 saturated heterocycles. The molecular weight excluding hydrogens is 340 g/mol. The first-order valence-electron chi connectivity index (χ1n) is 8.84. The molecular formula is C19H29ClN2O3. The van der Waals surface area contributed by atoms with E-state index in [4.69, 9.17) is 15.2 Å². The number of nitrogens with one attached hydrogen (secondary N) is 1. The number of aryl methyl sites for hydroxylation is 1. The summed E-state index contributed by atoms with van der Waals surface area (Å²) in [5.41, 5.74) is 8.39. The van der Waals surface area contributed by atoms with Crippen LogP contribution in [-0.2, 0) is 16.1 Å². The van der Waals surface area contributed by atoms with Gasteiger partial charge in [0, 0.05) is 25.3 Å². The lowest BCUT2D eigenvalue weighted by Crippen LogP contribution is -2.45. The lowest BCUT2D eigenvalue weighted by molar-refractivity contribution is -0.127. The van der Waals surface area contributed by atoms with Gasteiger partial charge in [-0.3, -0.25) is 4.79 Å². The highest BCUT2D eigenvalue weighted by Crippen LogP contribution is 2.47. The molecule has 0 aliphatic heterocycles. The molecule has 25 heavy (non-hydrogen) atoms. The van der Waals surface area contributed by atoms with Crippen LogP contribution in [0.15, 0.2) is 18.2 Å². The number of hydrogen-bond donors (Lipinski definition) is 2. The smallest absolute Gasteiger partial charge is 0.225 e. The van der Waals surface area contributed by atoms with Crippen molar-refractivity contribution in [2.75, 3.05) is 20.3 Å². The third kappa shape index (κ3) is 4.46. The summed E-state index contributed by atoms with van der Waals surface area (Å²) in [6.45, 7) is 3.54. The van der Waals surface area contributed by atoms with Gasteiger partial charge in [-0.1, -0.05) is 12.1 Å². The van der Waals surface area contributed by atoms with Crippen LogP contribution in [0.5, 0.6) is 5.75 Å². The van der Waals surface area contributed by atoms with Crippen molar-refractivity contribution >= 4 is 18.3 Å². The number of benzene rings is 1. The molecule has 2 saturated carbocycles. The summed E-state index contributed by atoms with van der Waals surface area (Å²) in [5.74, 6) is 1.90. The summed E-state index contributed by atoms with van der Waals surface area (Å²) >= 11 is 0. The number of ether oxygens (including phenoxy) is 2. The first-order valence-corrected chi connectivity index (χ1v) is 8.84. The highest BCUT2D eigenvalue weighted by molar-refractivity contribution is 5.85. The zero-order valence-electron chi connectivity index (χ0n) is 15.0. The number of carbonyl (C=O) groups is 1. The maximum Gasteiger partial charge on any atom is 0.225 e. The van der Waals surface area contributed by atoms with Gasteiger partial charge in [0.05, 0.1) is 12.5 Å². The molecule has 0 aromatic heterocycles. The molecule has 3 rings (SSSR count). The van der Waals surface area contributed by atoms with E-state index < -0.39 is 0 Å². The van der Waals surface area contributed by atoms with E-state index in [-0.39, 0.29) is 30.3 Å². The number of hydrogen-bond acceptors (Lipinski definition) is 4. The maximum atomic E-state index is 12.6. The SMILES string of the molecule is COCCOc1cc(C)ccc1CNC(=O)C1C2CCC(C2)C1N.Cl. The van der Waals surface area contributed by atoms with Gasteiger partial charge in [0.2, 0.25) is 5.91 Å². The number of fused-ring (bicyclic) bond motifs is 2. The van der Waals surface area contributed by atoms with Crippen LogP contribution in [0, 0.1) is 24.7 Å². The van der Waals surface area contributed by atoms with Crippen LogP contribution >= 0.6 is 12.4 Å². The molecule has 6 heteroatoms. The van der Waals surface area contributed by atoms with E-state index in [0.717, 1.165) is 29.7 Å². The number of nitrogens with two attached hydrogens (primary N) is 1. The zero-order valence-corrected chi connectivity index (χ0v) is 15.8. The third-order valence-electron chi connectivity index (χ3n) is 5.50. The summed E-state index contributed by atoms with van der Waals surface area (Å²) in [6, 6.07) is 6.08. The Kier molecular flexibility index (Phi) is 7.11. The molecule has 2 aliphatic rings. The highest BCUT2D eigenvalue weighted by Gasteiger charge is 2.48. The summed E-state index contributed by atoms with van der Waals surface area (Å²) in [7, 11) is 1.65. The minimum atomic E-state index is -0.0212. The molecule has 0 heterocycles. The summed E-state index contributed by atoms with van der Waals surface area (Å²) in [5, 5.41) is 3.08. The largest absolute Gasteiger partial charge is 0.491 e. The van der Waals surface area contributed by atoms with E-state index in [0.29, 0.717) is 31.6 Å². The Morgan fingerprint density at radius 1 is 1.28 bits per heavy atom. The molecule has 1 aromatic carbocycles. The molecule has 0 spiro atoms. The van der Waals surface area contributed by atoms with E-state index in [1.54, 1.807) is 7.11 Å². The Balaban J connectivity index is 0.00000225. The average Bonchev–Trinajstić information content (AvgIpc) is 3.15. The third-order valence-corrected chi connectivity index (χ3v) is 5.50. The van der Waals surface area contributed by atoms with Crippen molar-refractivity contribution in [3.8, 4) is 5.75 Å². The van der Waals surface area contributed by atoms with E-state index in [9.17, 15) is 4.79 Å². The monoisotopic (exact) mass is 368 g/mol. The first-order chi connectivity index (χ1) is 11.6. The Hall–Kier alpha value is -1.30. The Morgan fingerprint density at radius 2 is 2.04 bits per heavy atom. The second-order valence-corrected chi connectivity index (χ2v) is 7.11. The van der Waals surface area contributed by atoms with Crippen molar-refractivity contribution in [2.24, 2.45) is 23.5 Å². The number of carbonyl (C=O) groups excluding carboxylic acids is 1. The summed E-state index contributed by atoms with van der Waals surface area (Å²) in [6.07, 6.45) is 3.45. The van der Waals surface area contributed by atoms with Crippen molar-refractivity contribution in [3.05, 3.63) is 29.3 Å². The molecule has 140 valence electrons. The normalized spacial score (nSPS) is 27.0.